The summed E-state index contributed by atoms with van der Waals surface area (Å²) in [6, 6.07) is 3.52. The fourth-order valence-electron chi connectivity index (χ4n) is 2.04. The number of carbonyl (C=O) groups is 1. The van der Waals surface area contributed by atoms with Crippen molar-refractivity contribution in [3.8, 4) is 0 Å². The summed E-state index contributed by atoms with van der Waals surface area (Å²) in [5, 5.41) is 14.2. The van der Waals surface area contributed by atoms with Crippen LogP contribution in [0.25, 0.3) is 11.0 Å². The Balaban J connectivity index is 1.86. The lowest BCUT2D eigenvalue weighted by Gasteiger charge is -2.07. The van der Waals surface area contributed by atoms with Crippen molar-refractivity contribution in [3.63, 3.8) is 0 Å². The van der Waals surface area contributed by atoms with Crippen LogP contribution >= 0.6 is 0 Å². The molecule has 0 saturated carbocycles. The van der Waals surface area contributed by atoms with Crippen molar-refractivity contribution >= 4 is 28.4 Å². The third-order valence-electron chi connectivity index (χ3n) is 3.02. The molecule has 21 heavy (non-hydrogen) atoms. The molecule has 0 aliphatic rings. The minimum Gasteiger partial charge on any atom is -0.382 e. The summed E-state index contributed by atoms with van der Waals surface area (Å²) in [5.41, 5.74) is 7.14. The SMILES string of the molecule is CC(C)n1ncc2cc(NC(=O)c3cc(N)n[nH]3)cnc21. The number of aromatic nitrogens is 5. The lowest BCUT2D eigenvalue weighted by Crippen LogP contribution is -2.12. The van der Waals surface area contributed by atoms with Crippen molar-refractivity contribution in [1.29, 1.82) is 0 Å². The van der Waals surface area contributed by atoms with Crippen molar-refractivity contribution in [2.75, 3.05) is 11.1 Å². The fraction of sp³-hybridized carbons (Fsp3) is 0.231. The summed E-state index contributed by atoms with van der Waals surface area (Å²) in [4.78, 5) is 16.3. The Morgan fingerprint density at radius 1 is 1.38 bits per heavy atom. The number of nitrogens with zero attached hydrogens (tertiary/aromatic N) is 4. The molecule has 3 aromatic rings. The van der Waals surface area contributed by atoms with Gasteiger partial charge in [0.15, 0.2) is 5.65 Å². The highest BCUT2D eigenvalue weighted by atomic mass is 16.1. The van der Waals surface area contributed by atoms with Gasteiger partial charge in [-0.05, 0) is 19.9 Å². The Labute approximate surface area is 120 Å². The number of fused-ring (bicyclic) bond motifs is 1. The van der Waals surface area contributed by atoms with Crippen LogP contribution in [0.2, 0.25) is 0 Å². The van der Waals surface area contributed by atoms with E-state index in [4.69, 9.17) is 5.73 Å². The smallest absolute Gasteiger partial charge is 0.273 e. The minimum absolute atomic E-state index is 0.225. The van der Waals surface area contributed by atoms with Crippen LogP contribution in [-0.2, 0) is 0 Å². The molecule has 0 spiro atoms. The highest BCUT2D eigenvalue weighted by molar-refractivity contribution is 6.03. The Morgan fingerprint density at radius 2 is 2.19 bits per heavy atom. The van der Waals surface area contributed by atoms with Gasteiger partial charge in [0.25, 0.3) is 5.91 Å². The first-order chi connectivity index (χ1) is 10.0. The summed E-state index contributed by atoms with van der Waals surface area (Å²) >= 11 is 0. The molecule has 3 rings (SSSR count). The number of pyridine rings is 1. The molecule has 0 aliphatic carbocycles. The minimum atomic E-state index is -0.323. The van der Waals surface area contributed by atoms with Gasteiger partial charge in [-0.2, -0.15) is 10.2 Å². The molecule has 0 aromatic carbocycles. The van der Waals surface area contributed by atoms with Crippen molar-refractivity contribution in [1.82, 2.24) is 25.0 Å². The van der Waals surface area contributed by atoms with Gasteiger partial charge in [0.1, 0.15) is 11.5 Å². The van der Waals surface area contributed by atoms with Crippen molar-refractivity contribution in [2.45, 2.75) is 19.9 Å². The van der Waals surface area contributed by atoms with Crippen LogP contribution in [0.3, 0.4) is 0 Å². The van der Waals surface area contributed by atoms with Crippen LogP contribution in [0.1, 0.15) is 30.4 Å². The van der Waals surface area contributed by atoms with Gasteiger partial charge in [-0.1, -0.05) is 0 Å². The van der Waals surface area contributed by atoms with Crippen molar-refractivity contribution < 1.29 is 4.79 Å². The number of anilines is 2. The van der Waals surface area contributed by atoms with Gasteiger partial charge >= 0.3 is 0 Å². The number of hydrogen-bond acceptors (Lipinski definition) is 5. The molecule has 0 aliphatic heterocycles. The van der Waals surface area contributed by atoms with Crippen LogP contribution in [0, 0.1) is 0 Å². The molecule has 0 fully saturated rings. The van der Waals surface area contributed by atoms with E-state index in [0.29, 0.717) is 11.4 Å². The van der Waals surface area contributed by atoms with E-state index in [1.807, 2.05) is 24.6 Å². The average molecular weight is 285 g/mol. The molecule has 0 unspecified atom stereocenters. The van der Waals surface area contributed by atoms with E-state index >= 15 is 0 Å². The topological polar surface area (TPSA) is 115 Å². The summed E-state index contributed by atoms with van der Waals surface area (Å²) < 4.78 is 1.83. The maximum atomic E-state index is 12.0. The van der Waals surface area contributed by atoms with Gasteiger partial charge in [-0.15, -0.1) is 0 Å². The van der Waals surface area contributed by atoms with E-state index < -0.39 is 0 Å². The van der Waals surface area contributed by atoms with E-state index in [1.165, 1.54) is 6.07 Å². The lowest BCUT2D eigenvalue weighted by atomic mass is 10.3. The molecule has 0 saturated heterocycles. The Morgan fingerprint density at radius 3 is 2.86 bits per heavy atom. The van der Waals surface area contributed by atoms with Crippen molar-refractivity contribution in [3.05, 3.63) is 30.2 Å². The van der Waals surface area contributed by atoms with Crippen LogP contribution in [0.5, 0.6) is 0 Å². The fourth-order valence-corrected chi connectivity index (χ4v) is 2.04. The lowest BCUT2D eigenvalue weighted by molar-refractivity contribution is 0.102. The zero-order valence-corrected chi connectivity index (χ0v) is 11.7. The van der Waals surface area contributed by atoms with Gasteiger partial charge in [0.05, 0.1) is 18.1 Å². The van der Waals surface area contributed by atoms with E-state index in [9.17, 15) is 4.79 Å². The first-order valence-electron chi connectivity index (χ1n) is 6.50. The second-order valence-corrected chi connectivity index (χ2v) is 4.98. The molecule has 1 amide bonds. The number of hydrogen-bond donors (Lipinski definition) is 3. The first-order valence-corrected chi connectivity index (χ1v) is 6.50. The second kappa shape index (κ2) is 4.89. The van der Waals surface area contributed by atoms with E-state index in [1.54, 1.807) is 12.4 Å². The number of nitrogens with two attached hydrogens (primary N) is 1. The third kappa shape index (κ3) is 2.42. The van der Waals surface area contributed by atoms with E-state index in [2.05, 4.69) is 25.6 Å². The highest BCUT2D eigenvalue weighted by Crippen LogP contribution is 2.19. The Hall–Kier alpha value is -2.90. The number of H-pyrrole nitrogens is 1. The number of rotatable bonds is 3. The molecule has 4 N–H and O–H groups in total. The number of aromatic amines is 1. The molecule has 0 radical (unpaired) electrons. The van der Waals surface area contributed by atoms with Gasteiger partial charge in [-0.25, -0.2) is 9.67 Å². The molecule has 0 bridgehead atoms. The normalized spacial score (nSPS) is 11.2. The van der Waals surface area contributed by atoms with E-state index in [0.717, 1.165) is 11.0 Å². The van der Waals surface area contributed by atoms with Crippen LogP contribution in [0.4, 0.5) is 11.5 Å². The molecule has 0 atom stereocenters. The second-order valence-electron chi connectivity index (χ2n) is 4.98. The number of nitrogens with one attached hydrogen (secondary N) is 2. The quantitative estimate of drug-likeness (QED) is 0.675. The van der Waals surface area contributed by atoms with Gasteiger partial charge in [-0.3, -0.25) is 9.89 Å². The van der Waals surface area contributed by atoms with Crippen LogP contribution < -0.4 is 11.1 Å². The van der Waals surface area contributed by atoms with Gasteiger partial charge in [0, 0.05) is 17.5 Å². The molecule has 108 valence electrons. The number of amides is 1. The zero-order chi connectivity index (χ0) is 15.0. The van der Waals surface area contributed by atoms with Crippen LogP contribution in [-0.4, -0.2) is 30.9 Å². The summed E-state index contributed by atoms with van der Waals surface area (Å²) in [7, 11) is 0. The summed E-state index contributed by atoms with van der Waals surface area (Å²) in [5.74, 6) is -0.0523. The largest absolute Gasteiger partial charge is 0.382 e. The average Bonchev–Trinajstić information content (AvgIpc) is 3.04. The molecule has 3 heterocycles. The molecule has 3 aromatic heterocycles. The summed E-state index contributed by atoms with van der Waals surface area (Å²) in [6.07, 6.45) is 3.33. The Kier molecular flexibility index (Phi) is 3.05. The Bertz CT molecular complexity index is 802. The first kappa shape index (κ1) is 13.1. The van der Waals surface area contributed by atoms with Crippen molar-refractivity contribution in [2.24, 2.45) is 0 Å². The maximum absolute atomic E-state index is 12.0. The van der Waals surface area contributed by atoms with Gasteiger partial charge in [0.2, 0.25) is 0 Å². The molecular weight excluding hydrogens is 270 g/mol. The maximum Gasteiger partial charge on any atom is 0.273 e. The van der Waals surface area contributed by atoms with Crippen LogP contribution in [0.15, 0.2) is 24.5 Å². The molecule has 8 heteroatoms. The standard InChI is InChI=1S/C13H15N7O/c1-7(2)20-12-8(5-16-20)3-9(6-15-12)17-13(21)10-4-11(14)19-18-10/h3-7H,1-2H3,(H,17,21)(H3,14,18,19). The highest BCUT2D eigenvalue weighted by Gasteiger charge is 2.11. The number of nitrogen functional groups attached to an aromatic ring is 1. The third-order valence-corrected chi connectivity index (χ3v) is 3.02. The van der Waals surface area contributed by atoms with Gasteiger partial charge < -0.3 is 11.1 Å². The summed E-state index contributed by atoms with van der Waals surface area (Å²) in [6.45, 7) is 4.07. The zero-order valence-electron chi connectivity index (χ0n) is 11.7. The predicted molar refractivity (Wildman–Crippen MR) is 78.9 cm³/mol. The molecular formula is C13H15N7O. The number of carbonyl (C=O) groups excluding carboxylic acids is 1. The predicted octanol–water partition coefficient (Wildman–Crippen LogP) is 1.57. The van der Waals surface area contributed by atoms with E-state index in [-0.39, 0.29) is 17.8 Å². The monoisotopic (exact) mass is 285 g/mol. The molecule has 8 nitrogen and oxygen atoms in total.